The predicted molar refractivity (Wildman–Crippen MR) is 51.1 cm³/mol. The van der Waals surface area contributed by atoms with Crippen LogP contribution in [-0.4, -0.2) is 31.0 Å². The fraction of sp³-hybridized carbons (Fsp3) is 0.625. The van der Waals surface area contributed by atoms with Gasteiger partial charge in [0.2, 0.25) is 0 Å². The van der Waals surface area contributed by atoms with E-state index >= 15 is 0 Å². The number of hydrogen-bond acceptors (Lipinski definition) is 4. The first-order valence-corrected chi connectivity index (χ1v) is 5.32. The van der Waals surface area contributed by atoms with Crippen molar-refractivity contribution in [3.63, 3.8) is 0 Å². The number of nitrogens with one attached hydrogen (secondary N) is 1. The van der Waals surface area contributed by atoms with Crippen molar-refractivity contribution in [2.75, 3.05) is 0 Å². The Morgan fingerprint density at radius 2 is 2.29 bits per heavy atom. The van der Waals surface area contributed by atoms with Gasteiger partial charge in [-0.3, -0.25) is 9.89 Å². The first-order chi connectivity index (χ1) is 6.73. The summed E-state index contributed by atoms with van der Waals surface area (Å²) in [6.07, 6.45) is 4.79. The maximum Gasteiger partial charge on any atom is 0.320 e. The van der Waals surface area contributed by atoms with Crippen LogP contribution in [0.1, 0.15) is 25.7 Å². The molecule has 0 atom stereocenters. The molecule has 1 saturated carbocycles. The van der Waals surface area contributed by atoms with Gasteiger partial charge in [0.15, 0.2) is 5.16 Å². The minimum Gasteiger partial charge on any atom is -0.480 e. The number of carboxylic acids is 1. The summed E-state index contributed by atoms with van der Waals surface area (Å²) in [6.45, 7) is 0. The fourth-order valence-corrected chi connectivity index (χ4v) is 2.88. The number of aromatic amines is 1. The van der Waals surface area contributed by atoms with Crippen molar-refractivity contribution in [3.05, 3.63) is 6.33 Å². The van der Waals surface area contributed by atoms with E-state index in [0.29, 0.717) is 18.0 Å². The number of H-pyrrole nitrogens is 1. The number of carboxylic acid groups (broad SMARTS) is 1. The van der Waals surface area contributed by atoms with Gasteiger partial charge in [0.05, 0.1) is 0 Å². The summed E-state index contributed by atoms with van der Waals surface area (Å²) < 4.78 is -0.681. The van der Waals surface area contributed by atoms with Crippen molar-refractivity contribution in [2.24, 2.45) is 0 Å². The van der Waals surface area contributed by atoms with Crippen molar-refractivity contribution in [1.29, 1.82) is 0 Å². The highest BCUT2D eigenvalue weighted by Gasteiger charge is 2.43. The van der Waals surface area contributed by atoms with E-state index in [2.05, 4.69) is 15.2 Å². The zero-order valence-corrected chi connectivity index (χ0v) is 8.38. The van der Waals surface area contributed by atoms with E-state index in [4.69, 9.17) is 0 Å². The molecular formula is C8H11N3O2S. The second-order valence-corrected chi connectivity index (χ2v) is 4.77. The van der Waals surface area contributed by atoms with Crippen LogP contribution < -0.4 is 0 Å². The van der Waals surface area contributed by atoms with Crippen molar-refractivity contribution < 1.29 is 9.90 Å². The average molecular weight is 213 g/mol. The first-order valence-electron chi connectivity index (χ1n) is 4.51. The van der Waals surface area contributed by atoms with Gasteiger partial charge in [0, 0.05) is 0 Å². The molecule has 14 heavy (non-hydrogen) atoms. The zero-order valence-electron chi connectivity index (χ0n) is 7.56. The molecule has 0 unspecified atom stereocenters. The molecule has 1 aliphatic rings. The number of aromatic nitrogens is 3. The number of nitrogens with zero attached hydrogens (tertiary/aromatic N) is 2. The molecule has 1 heterocycles. The highest BCUT2D eigenvalue weighted by atomic mass is 32.2. The Morgan fingerprint density at radius 3 is 2.79 bits per heavy atom. The molecule has 2 rings (SSSR count). The van der Waals surface area contributed by atoms with Gasteiger partial charge in [0.1, 0.15) is 11.1 Å². The van der Waals surface area contributed by atoms with E-state index in [-0.39, 0.29) is 0 Å². The van der Waals surface area contributed by atoms with E-state index < -0.39 is 10.7 Å². The third-order valence-electron chi connectivity index (χ3n) is 2.49. The summed E-state index contributed by atoms with van der Waals surface area (Å²) >= 11 is 1.28. The summed E-state index contributed by atoms with van der Waals surface area (Å²) in [7, 11) is 0. The molecule has 1 aliphatic carbocycles. The van der Waals surface area contributed by atoms with Gasteiger partial charge in [0.25, 0.3) is 0 Å². The third kappa shape index (κ3) is 1.61. The van der Waals surface area contributed by atoms with Crippen LogP contribution in [0.15, 0.2) is 11.5 Å². The summed E-state index contributed by atoms with van der Waals surface area (Å²) in [4.78, 5) is 15.1. The first kappa shape index (κ1) is 9.51. The lowest BCUT2D eigenvalue weighted by Gasteiger charge is -2.20. The van der Waals surface area contributed by atoms with Gasteiger partial charge < -0.3 is 5.11 Å². The molecule has 2 N–H and O–H groups in total. The van der Waals surface area contributed by atoms with Gasteiger partial charge in [-0.25, -0.2) is 4.98 Å². The van der Waals surface area contributed by atoms with Crippen LogP contribution in [0.4, 0.5) is 0 Å². The molecule has 1 aromatic heterocycles. The molecule has 6 heteroatoms. The van der Waals surface area contributed by atoms with E-state index in [1.54, 1.807) is 0 Å². The van der Waals surface area contributed by atoms with E-state index in [9.17, 15) is 9.90 Å². The zero-order chi connectivity index (χ0) is 10.0. The molecule has 0 radical (unpaired) electrons. The molecule has 0 amide bonds. The van der Waals surface area contributed by atoms with Crippen LogP contribution in [0.5, 0.6) is 0 Å². The topological polar surface area (TPSA) is 78.9 Å². The molecule has 0 spiro atoms. The Morgan fingerprint density at radius 1 is 1.57 bits per heavy atom. The lowest BCUT2D eigenvalue weighted by Crippen LogP contribution is -2.31. The molecule has 0 bridgehead atoms. The minimum absolute atomic E-state index is 0.592. The van der Waals surface area contributed by atoms with E-state index in [1.165, 1.54) is 18.1 Å². The molecule has 1 aromatic rings. The highest BCUT2D eigenvalue weighted by molar-refractivity contribution is 8.01. The lowest BCUT2D eigenvalue weighted by atomic mass is 10.1. The van der Waals surface area contributed by atoms with Crippen LogP contribution in [0.25, 0.3) is 0 Å². The quantitative estimate of drug-likeness (QED) is 0.791. The van der Waals surface area contributed by atoms with Crippen molar-refractivity contribution in [1.82, 2.24) is 15.2 Å². The fourth-order valence-electron chi connectivity index (χ4n) is 1.73. The normalized spacial score (nSPS) is 19.7. The van der Waals surface area contributed by atoms with Crippen LogP contribution in [-0.2, 0) is 4.79 Å². The smallest absolute Gasteiger partial charge is 0.320 e. The summed E-state index contributed by atoms with van der Waals surface area (Å²) in [5, 5.41) is 16.2. The summed E-state index contributed by atoms with van der Waals surface area (Å²) in [5.41, 5.74) is 0. The number of thioether (sulfide) groups is 1. The highest BCUT2D eigenvalue weighted by Crippen LogP contribution is 2.44. The van der Waals surface area contributed by atoms with Crippen molar-refractivity contribution in [3.8, 4) is 0 Å². The van der Waals surface area contributed by atoms with E-state index in [1.807, 2.05) is 0 Å². The lowest BCUT2D eigenvalue weighted by molar-refractivity contribution is -0.139. The average Bonchev–Trinajstić information content (AvgIpc) is 2.76. The summed E-state index contributed by atoms with van der Waals surface area (Å²) in [6, 6.07) is 0. The molecular weight excluding hydrogens is 202 g/mol. The van der Waals surface area contributed by atoms with Crippen molar-refractivity contribution >= 4 is 17.7 Å². The molecule has 0 saturated heterocycles. The Balaban J connectivity index is 2.16. The van der Waals surface area contributed by atoms with Crippen LogP contribution in [0.3, 0.4) is 0 Å². The second-order valence-electron chi connectivity index (χ2n) is 3.40. The molecule has 0 aromatic carbocycles. The largest absolute Gasteiger partial charge is 0.480 e. The maximum absolute atomic E-state index is 11.2. The van der Waals surface area contributed by atoms with Gasteiger partial charge in [-0.05, 0) is 12.8 Å². The Hall–Kier alpha value is -1.04. The molecule has 76 valence electrons. The number of hydrogen-bond donors (Lipinski definition) is 2. The van der Waals surface area contributed by atoms with Crippen LogP contribution in [0, 0.1) is 0 Å². The second kappa shape index (κ2) is 3.61. The monoisotopic (exact) mass is 213 g/mol. The Bertz CT molecular complexity index is 319. The van der Waals surface area contributed by atoms with Crippen LogP contribution >= 0.6 is 11.8 Å². The molecule has 1 fully saturated rings. The van der Waals surface area contributed by atoms with Gasteiger partial charge in [-0.1, -0.05) is 24.6 Å². The Labute approximate surface area is 85.3 Å². The number of aliphatic carboxylic acids is 1. The SMILES string of the molecule is O=C(O)C1(Sc2ncn[nH]2)CCCC1. The summed E-state index contributed by atoms with van der Waals surface area (Å²) in [5.74, 6) is -0.739. The molecule has 0 aliphatic heterocycles. The number of rotatable bonds is 3. The Kier molecular flexibility index (Phi) is 2.45. The third-order valence-corrected chi connectivity index (χ3v) is 3.85. The minimum atomic E-state index is -0.739. The maximum atomic E-state index is 11.2. The van der Waals surface area contributed by atoms with E-state index in [0.717, 1.165) is 12.8 Å². The van der Waals surface area contributed by atoms with Gasteiger partial charge in [-0.15, -0.1) is 0 Å². The molecule has 5 nitrogen and oxygen atoms in total. The number of carbonyl (C=O) groups is 1. The standard InChI is InChI=1S/C8H11N3O2S/c12-6(13)8(3-1-2-4-8)14-7-9-5-10-11-7/h5H,1-4H2,(H,12,13)(H,9,10,11). The predicted octanol–water partition coefficient (Wildman–Crippen LogP) is 1.29. The van der Waals surface area contributed by atoms with Crippen molar-refractivity contribution in [2.45, 2.75) is 35.6 Å². The van der Waals surface area contributed by atoms with Crippen LogP contribution in [0.2, 0.25) is 0 Å². The van der Waals surface area contributed by atoms with Gasteiger partial charge >= 0.3 is 5.97 Å². The van der Waals surface area contributed by atoms with Gasteiger partial charge in [-0.2, -0.15) is 5.10 Å².